The molecular formula is C36H41Cl2N5O5S. The van der Waals surface area contributed by atoms with E-state index in [-0.39, 0.29) is 50.9 Å². The molecule has 0 spiro atoms. The van der Waals surface area contributed by atoms with Gasteiger partial charge in [0.1, 0.15) is 4.90 Å². The summed E-state index contributed by atoms with van der Waals surface area (Å²) in [5, 5.41) is 15.0. The lowest BCUT2D eigenvalue weighted by Crippen LogP contribution is -2.46. The lowest BCUT2D eigenvalue weighted by atomic mass is 9.93. The molecule has 5 rings (SSSR count). The molecule has 0 unspecified atom stereocenters. The highest BCUT2D eigenvalue weighted by atomic mass is 35.5. The monoisotopic (exact) mass is 725 g/mol. The Labute approximate surface area is 297 Å². The molecule has 4 aromatic rings. The van der Waals surface area contributed by atoms with Gasteiger partial charge in [-0.15, -0.1) is 0 Å². The van der Waals surface area contributed by atoms with Crippen molar-refractivity contribution >= 4 is 50.7 Å². The summed E-state index contributed by atoms with van der Waals surface area (Å²) in [5.74, 6) is -0.618. The van der Waals surface area contributed by atoms with Crippen LogP contribution >= 0.6 is 23.2 Å². The van der Waals surface area contributed by atoms with Crippen molar-refractivity contribution in [3.8, 4) is 5.69 Å². The zero-order chi connectivity index (χ0) is 35.3. The van der Waals surface area contributed by atoms with Gasteiger partial charge in [-0.3, -0.25) is 14.3 Å². The molecule has 13 heteroatoms. The van der Waals surface area contributed by atoms with Crippen molar-refractivity contribution in [3.05, 3.63) is 105 Å². The third-order valence-electron chi connectivity index (χ3n) is 8.70. The second-order valence-electron chi connectivity index (χ2n) is 12.2. The number of sulfonamides is 1. The van der Waals surface area contributed by atoms with Gasteiger partial charge in [-0.2, -0.15) is 5.10 Å². The number of aromatic nitrogens is 2. The molecule has 3 aromatic carbocycles. The molecule has 49 heavy (non-hydrogen) atoms. The SMILES string of the molecule is CCCCN(CCCC)C(=O)c1cc(C)n(-c2ccc(NS(=O)(=O)c3cccc(Cl)c3Cl)cc2C(=O)N2Cc3ccccc3C[C@H]2CO)n1. The zero-order valence-corrected chi connectivity index (χ0v) is 30.2. The fraction of sp³-hybridized carbons (Fsp3) is 0.361. The first-order valence-electron chi connectivity index (χ1n) is 16.4. The minimum absolute atomic E-state index is 0.0821. The molecule has 0 fully saturated rings. The van der Waals surface area contributed by atoms with E-state index in [0.29, 0.717) is 30.9 Å². The van der Waals surface area contributed by atoms with Gasteiger partial charge < -0.3 is 14.9 Å². The minimum Gasteiger partial charge on any atom is -0.394 e. The normalized spacial score (nSPS) is 14.4. The summed E-state index contributed by atoms with van der Waals surface area (Å²) in [4.78, 5) is 31.4. The molecule has 0 saturated carbocycles. The predicted octanol–water partition coefficient (Wildman–Crippen LogP) is 6.89. The molecule has 1 aromatic heterocycles. The molecule has 0 bridgehead atoms. The molecule has 1 aliphatic heterocycles. The number of carbonyl (C=O) groups is 2. The molecule has 1 atom stereocenters. The van der Waals surface area contributed by atoms with E-state index in [0.717, 1.165) is 36.8 Å². The van der Waals surface area contributed by atoms with Crippen LogP contribution < -0.4 is 4.72 Å². The minimum atomic E-state index is -4.21. The maximum atomic E-state index is 14.5. The summed E-state index contributed by atoms with van der Waals surface area (Å²) < 4.78 is 31.0. The number of aryl methyl sites for hydroxylation is 1. The molecule has 260 valence electrons. The van der Waals surface area contributed by atoms with Gasteiger partial charge in [-0.1, -0.05) is 80.2 Å². The maximum Gasteiger partial charge on any atom is 0.274 e. The van der Waals surface area contributed by atoms with Gasteiger partial charge in [0.05, 0.1) is 33.9 Å². The first-order chi connectivity index (χ1) is 23.5. The average Bonchev–Trinajstić information content (AvgIpc) is 3.49. The molecule has 2 heterocycles. The van der Waals surface area contributed by atoms with Gasteiger partial charge in [0, 0.05) is 31.0 Å². The van der Waals surface area contributed by atoms with Crippen molar-refractivity contribution in [2.45, 2.75) is 70.4 Å². The van der Waals surface area contributed by atoms with Gasteiger partial charge in [0.2, 0.25) is 0 Å². The Morgan fingerprint density at radius 2 is 1.67 bits per heavy atom. The summed E-state index contributed by atoms with van der Waals surface area (Å²) >= 11 is 12.4. The van der Waals surface area contributed by atoms with Crippen molar-refractivity contribution in [3.63, 3.8) is 0 Å². The molecule has 0 saturated heterocycles. The number of carbonyl (C=O) groups excluding carboxylic acids is 2. The number of unbranched alkanes of at least 4 members (excludes halogenated alkanes) is 2. The smallest absolute Gasteiger partial charge is 0.274 e. The lowest BCUT2D eigenvalue weighted by molar-refractivity contribution is 0.0544. The number of hydrogen-bond donors (Lipinski definition) is 2. The Morgan fingerprint density at radius 3 is 2.35 bits per heavy atom. The number of anilines is 1. The van der Waals surface area contributed by atoms with Crippen LogP contribution in [0.4, 0.5) is 5.69 Å². The van der Waals surface area contributed by atoms with E-state index in [9.17, 15) is 23.1 Å². The van der Waals surface area contributed by atoms with E-state index >= 15 is 0 Å². The van der Waals surface area contributed by atoms with E-state index in [1.54, 1.807) is 24.0 Å². The highest BCUT2D eigenvalue weighted by Crippen LogP contribution is 2.32. The van der Waals surface area contributed by atoms with Crippen LogP contribution in [0, 0.1) is 6.92 Å². The Bertz CT molecular complexity index is 1940. The van der Waals surface area contributed by atoms with Gasteiger partial charge in [0.25, 0.3) is 21.8 Å². The number of fused-ring (bicyclic) bond motifs is 1. The van der Waals surface area contributed by atoms with Crippen molar-refractivity contribution in [2.24, 2.45) is 0 Å². The summed E-state index contributed by atoms with van der Waals surface area (Å²) in [6.07, 6.45) is 4.10. The number of nitrogens with zero attached hydrogens (tertiary/aromatic N) is 4. The van der Waals surface area contributed by atoms with Crippen LogP contribution in [-0.2, 0) is 23.0 Å². The highest BCUT2D eigenvalue weighted by molar-refractivity contribution is 7.92. The van der Waals surface area contributed by atoms with Gasteiger partial charge in [0.15, 0.2) is 5.69 Å². The summed E-state index contributed by atoms with van der Waals surface area (Å²) in [7, 11) is -4.21. The second kappa shape index (κ2) is 15.8. The molecule has 0 aliphatic carbocycles. The lowest BCUT2D eigenvalue weighted by Gasteiger charge is -2.36. The van der Waals surface area contributed by atoms with Crippen molar-refractivity contribution < 1.29 is 23.1 Å². The molecule has 0 radical (unpaired) electrons. The molecule has 1 aliphatic rings. The summed E-state index contributed by atoms with van der Waals surface area (Å²) in [6.45, 7) is 7.18. The van der Waals surface area contributed by atoms with Crippen LogP contribution in [0.3, 0.4) is 0 Å². The quantitative estimate of drug-likeness (QED) is 0.155. The van der Waals surface area contributed by atoms with Crippen molar-refractivity contribution in [1.29, 1.82) is 0 Å². The van der Waals surface area contributed by atoms with Crippen LogP contribution in [0.15, 0.2) is 71.6 Å². The van der Waals surface area contributed by atoms with Crippen LogP contribution in [0.1, 0.15) is 77.2 Å². The predicted molar refractivity (Wildman–Crippen MR) is 192 cm³/mol. The molecular weight excluding hydrogens is 685 g/mol. The van der Waals surface area contributed by atoms with E-state index in [1.807, 2.05) is 29.2 Å². The van der Waals surface area contributed by atoms with Gasteiger partial charge in [-0.25, -0.2) is 13.1 Å². The number of benzene rings is 3. The number of halogens is 2. The zero-order valence-electron chi connectivity index (χ0n) is 27.8. The highest BCUT2D eigenvalue weighted by Gasteiger charge is 2.32. The second-order valence-corrected chi connectivity index (χ2v) is 14.6. The number of nitrogens with one attached hydrogen (secondary N) is 1. The van der Waals surface area contributed by atoms with Crippen LogP contribution in [-0.4, -0.2) is 70.7 Å². The number of aliphatic hydroxyl groups excluding tert-OH is 1. The Kier molecular flexibility index (Phi) is 11.7. The first kappa shape index (κ1) is 36.4. The van der Waals surface area contributed by atoms with Crippen LogP contribution in [0.25, 0.3) is 5.69 Å². The maximum absolute atomic E-state index is 14.5. The third kappa shape index (κ3) is 7.96. The largest absolute Gasteiger partial charge is 0.394 e. The molecule has 2 N–H and O–H groups in total. The standard InChI is InChI=1S/C36H41Cl2N5O5S/c1-4-6-17-41(18-7-5-2)36(46)31-19-24(3)43(39-31)32-16-15-27(40-49(47,48)33-14-10-13-30(37)34(33)38)21-29(32)35(45)42-22-26-12-9-8-11-25(26)20-28(42)23-44/h8-16,19,21,28,40,44H,4-7,17-18,20,22-23H2,1-3H3/t28-/m0/s1. The molecule has 2 amide bonds. The Hall–Kier alpha value is -3.90. The van der Waals surface area contributed by atoms with Crippen LogP contribution in [0.2, 0.25) is 10.0 Å². The average molecular weight is 727 g/mol. The topological polar surface area (TPSA) is 125 Å². The molecule has 10 nitrogen and oxygen atoms in total. The van der Waals surface area contributed by atoms with Crippen molar-refractivity contribution in [1.82, 2.24) is 19.6 Å². The number of hydrogen-bond acceptors (Lipinski definition) is 6. The summed E-state index contributed by atoms with van der Waals surface area (Å²) in [6, 6.07) is 17.8. The Balaban J connectivity index is 1.58. The van der Waals surface area contributed by atoms with Crippen LogP contribution in [0.5, 0.6) is 0 Å². The van der Waals surface area contributed by atoms with E-state index in [1.165, 1.54) is 35.0 Å². The summed E-state index contributed by atoms with van der Waals surface area (Å²) in [5.41, 5.74) is 3.47. The van der Waals surface area contributed by atoms with Gasteiger partial charge >= 0.3 is 0 Å². The number of rotatable bonds is 13. The van der Waals surface area contributed by atoms with Crippen molar-refractivity contribution in [2.75, 3.05) is 24.4 Å². The third-order valence-corrected chi connectivity index (χ3v) is 11.1. The first-order valence-corrected chi connectivity index (χ1v) is 18.7. The van der Waals surface area contributed by atoms with E-state index in [2.05, 4.69) is 23.7 Å². The number of aliphatic hydroxyl groups is 1. The number of amides is 2. The Morgan fingerprint density at radius 1 is 0.980 bits per heavy atom. The van der Waals surface area contributed by atoms with E-state index in [4.69, 9.17) is 23.2 Å². The fourth-order valence-electron chi connectivity index (χ4n) is 6.00. The van der Waals surface area contributed by atoms with E-state index < -0.39 is 22.0 Å². The fourth-order valence-corrected chi connectivity index (χ4v) is 7.81. The van der Waals surface area contributed by atoms with Gasteiger partial charge in [-0.05, 0) is 73.7 Å².